The van der Waals surface area contributed by atoms with Gasteiger partial charge >= 0.3 is 0 Å². The summed E-state index contributed by atoms with van der Waals surface area (Å²) in [6, 6.07) is 4.32. The molecule has 0 saturated heterocycles. The molecule has 1 fully saturated rings. The molecule has 0 heterocycles. The van der Waals surface area contributed by atoms with E-state index in [0.29, 0.717) is 18.0 Å². The monoisotopic (exact) mass is 209 g/mol. The third kappa shape index (κ3) is 2.85. The summed E-state index contributed by atoms with van der Waals surface area (Å²) in [6.45, 7) is 0.660. The molecule has 1 saturated carbocycles. The number of nitrogens with two attached hydrogens (primary N) is 1. The van der Waals surface area contributed by atoms with Crippen molar-refractivity contribution in [1.29, 1.82) is 0 Å². The normalized spacial score (nSPS) is 16.1. The molecule has 2 nitrogen and oxygen atoms in total. The Kier molecular flexibility index (Phi) is 3.09. The second-order valence-electron chi connectivity index (χ2n) is 4.15. The molecule has 2 N–H and O–H groups in total. The van der Waals surface area contributed by atoms with E-state index in [0.717, 1.165) is 12.3 Å². The lowest BCUT2D eigenvalue weighted by molar-refractivity contribution is 0.221. The number of rotatable bonds is 4. The summed E-state index contributed by atoms with van der Waals surface area (Å²) >= 11 is 0. The first-order valence-electron chi connectivity index (χ1n) is 5.43. The van der Waals surface area contributed by atoms with E-state index in [1.165, 1.54) is 31.4 Å². The van der Waals surface area contributed by atoms with Crippen molar-refractivity contribution in [2.45, 2.75) is 25.7 Å². The van der Waals surface area contributed by atoms with Crippen LogP contribution in [0.15, 0.2) is 18.2 Å². The quantitative estimate of drug-likeness (QED) is 0.774. The van der Waals surface area contributed by atoms with E-state index >= 15 is 0 Å². The van der Waals surface area contributed by atoms with Crippen molar-refractivity contribution in [3.8, 4) is 5.75 Å². The highest BCUT2D eigenvalue weighted by atomic mass is 19.1. The van der Waals surface area contributed by atoms with E-state index in [1.54, 1.807) is 6.07 Å². The molecule has 0 bridgehead atoms. The van der Waals surface area contributed by atoms with Gasteiger partial charge in [0.05, 0.1) is 6.61 Å². The fourth-order valence-electron chi connectivity index (χ4n) is 1.79. The Hall–Kier alpha value is -1.25. The van der Waals surface area contributed by atoms with Gasteiger partial charge in [0.1, 0.15) is 11.6 Å². The summed E-state index contributed by atoms with van der Waals surface area (Å²) in [5.74, 6) is 1.01. The number of halogens is 1. The van der Waals surface area contributed by atoms with E-state index in [-0.39, 0.29) is 5.82 Å². The van der Waals surface area contributed by atoms with Gasteiger partial charge in [0.15, 0.2) is 0 Å². The van der Waals surface area contributed by atoms with Crippen LogP contribution >= 0.6 is 0 Å². The SMILES string of the molecule is Nc1cc(F)cc(OCCC2CCC2)c1. The largest absolute Gasteiger partial charge is 0.493 e. The minimum absolute atomic E-state index is 0.339. The van der Waals surface area contributed by atoms with Gasteiger partial charge < -0.3 is 10.5 Å². The lowest BCUT2D eigenvalue weighted by atomic mass is 9.83. The van der Waals surface area contributed by atoms with Crippen LogP contribution in [-0.4, -0.2) is 6.61 Å². The van der Waals surface area contributed by atoms with Crippen molar-refractivity contribution in [2.24, 2.45) is 5.92 Å². The Morgan fingerprint density at radius 3 is 2.73 bits per heavy atom. The van der Waals surface area contributed by atoms with Crippen molar-refractivity contribution in [3.63, 3.8) is 0 Å². The van der Waals surface area contributed by atoms with Crippen LogP contribution in [-0.2, 0) is 0 Å². The first kappa shape index (κ1) is 10.3. The first-order chi connectivity index (χ1) is 7.24. The standard InChI is InChI=1S/C12H16FNO/c13-10-6-11(14)8-12(7-10)15-5-4-9-2-1-3-9/h6-9H,1-5,14H2. The molecule has 1 aromatic rings. The smallest absolute Gasteiger partial charge is 0.128 e. The fourth-order valence-corrected chi connectivity index (χ4v) is 1.79. The van der Waals surface area contributed by atoms with Crippen LogP contribution in [0.25, 0.3) is 0 Å². The molecule has 1 aromatic carbocycles. The predicted octanol–water partition coefficient (Wildman–Crippen LogP) is 2.98. The molecule has 15 heavy (non-hydrogen) atoms. The van der Waals surface area contributed by atoms with Crippen molar-refractivity contribution in [1.82, 2.24) is 0 Å². The molecule has 82 valence electrons. The molecule has 0 unspecified atom stereocenters. The lowest BCUT2D eigenvalue weighted by Gasteiger charge is -2.24. The van der Waals surface area contributed by atoms with Gasteiger partial charge in [-0.2, -0.15) is 0 Å². The van der Waals surface area contributed by atoms with Crippen LogP contribution in [0.4, 0.5) is 10.1 Å². The van der Waals surface area contributed by atoms with Crippen molar-refractivity contribution in [2.75, 3.05) is 12.3 Å². The maximum atomic E-state index is 12.9. The molecular formula is C12H16FNO. The summed E-state index contributed by atoms with van der Waals surface area (Å²) in [6.07, 6.45) is 5.04. The average Bonchev–Trinajstić information content (AvgIpc) is 2.07. The third-order valence-electron chi connectivity index (χ3n) is 2.91. The number of hydrogen-bond donors (Lipinski definition) is 1. The van der Waals surface area contributed by atoms with Crippen molar-refractivity contribution in [3.05, 3.63) is 24.0 Å². The van der Waals surface area contributed by atoms with E-state index in [4.69, 9.17) is 10.5 Å². The molecule has 3 heteroatoms. The van der Waals surface area contributed by atoms with Crippen LogP contribution in [0, 0.1) is 11.7 Å². The van der Waals surface area contributed by atoms with Gasteiger partial charge in [-0.15, -0.1) is 0 Å². The molecule has 0 atom stereocenters. The van der Waals surface area contributed by atoms with E-state index in [2.05, 4.69) is 0 Å². The van der Waals surface area contributed by atoms with Gasteiger partial charge in [-0.25, -0.2) is 4.39 Å². The minimum Gasteiger partial charge on any atom is -0.493 e. The van der Waals surface area contributed by atoms with Crippen LogP contribution in [0.1, 0.15) is 25.7 Å². The molecule has 0 spiro atoms. The Labute approximate surface area is 89.2 Å². The molecule has 0 amide bonds. The summed E-state index contributed by atoms with van der Waals surface area (Å²) in [7, 11) is 0. The van der Waals surface area contributed by atoms with Crippen molar-refractivity contribution < 1.29 is 9.13 Å². The maximum absolute atomic E-state index is 12.9. The zero-order valence-electron chi connectivity index (χ0n) is 8.71. The number of anilines is 1. The highest BCUT2D eigenvalue weighted by Gasteiger charge is 2.16. The molecule has 1 aliphatic rings. The Bertz CT molecular complexity index is 316. The molecule has 0 aromatic heterocycles. The number of ether oxygens (including phenoxy) is 1. The van der Waals surface area contributed by atoms with E-state index < -0.39 is 0 Å². The zero-order valence-corrected chi connectivity index (χ0v) is 8.71. The number of nitrogen functional groups attached to an aromatic ring is 1. The molecule has 0 aliphatic heterocycles. The van der Waals surface area contributed by atoms with Gasteiger partial charge in [0, 0.05) is 17.8 Å². The highest BCUT2D eigenvalue weighted by Crippen LogP contribution is 2.29. The first-order valence-corrected chi connectivity index (χ1v) is 5.43. The van der Waals surface area contributed by atoms with E-state index in [1.807, 2.05) is 0 Å². The summed E-state index contributed by atoms with van der Waals surface area (Å²) in [5.41, 5.74) is 5.92. The Balaban J connectivity index is 1.81. The van der Waals surface area contributed by atoms with Gasteiger partial charge in [0.25, 0.3) is 0 Å². The zero-order chi connectivity index (χ0) is 10.7. The summed E-state index contributed by atoms with van der Waals surface area (Å²) in [4.78, 5) is 0. The second kappa shape index (κ2) is 4.51. The summed E-state index contributed by atoms with van der Waals surface area (Å²) in [5, 5.41) is 0. The van der Waals surface area contributed by atoms with Gasteiger partial charge in [-0.3, -0.25) is 0 Å². The number of benzene rings is 1. The third-order valence-corrected chi connectivity index (χ3v) is 2.91. The van der Waals surface area contributed by atoms with Gasteiger partial charge in [-0.1, -0.05) is 19.3 Å². The van der Waals surface area contributed by atoms with Crippen LogP contribution < -0.4 is 10.5 Å². The Morgan fingerprint density at radius 1 is 1.33 bits per heavy atom. The van der Waals surface area contributed by atoms with Crippen molar-refractivity contribution >= 4 is 5.69 Å². The summed E-state index contributed by atoms with van der Waals surface area (Å²) < 4.78 is 18.4. The minimum atomic E-state index is -0.339. The predicted molar refractivity (Wildman–Crippen MR) is 58.3 cm³/mol. The van der Waals surface area contributed by atoms with Gasteiger partial charge in [0.2, 0.25) is 0 Å². The highest BCUT2D eigenvalue weighted by molar-refractivity contribution is 5.44. The van der Waals surface area contributed by atoms with E-state index in [9.17, 15) is 4.39 Å². The lowest BCUT2D eigenvalue weighted by Crippen LogP contribution is -2.14. The molecule has 0 radical (unpaired) electrons. The molecular weight excluding hydrogens is 193 g/mol. The topological polar surface area (TPSA) is 35.2 Å². The van der Waals surface area contributed by atoms with Crippen LogP contribution in [0.5, 0.6) is 5.75 Å². The molecule has 1 aliphatic carbocycles. The average molecular weight is 209 g/mol. The Morgan fingerprint density at radius 2 is 2.13 bits per heavy atom. The second-order valence-corrected chi connectivity index (χ2v) is 4.15. The van der Waals surface area contributed by atoms with Crippen LogP contribution in [0.2, 0.25) is 0 Å². The van der Waals surface area contributed by atoms with Crippen LogP contribution in [0.3, 0.4) is 0 Å². The maximum Gasteiger partial charge on any atom is 0.128 e. The fraction of sp³-hybridized carbons (Fsp3) is 0.500. The molecule has 2 rings (SSSR count). The number of hydrogen-bond acceptors (Lipinski definition) is 2. The van der Waals surface area contributed by atoms with Gasteiger partial charge in [-0.05, 0) is 18.4 Å².